The Kier molecular flexibility index (Phi) is 6.22. The Morgan fingerprint density at radius 3 is 2.41 bits per heavy atom. The summed E-state index contributed by atoms with van der Waals surface area (Å²) in [5, 5.41) is 6.86. The highest BCUT2D eigenvalue weighted by atomic mass is 35.5. The van der Waals surface area contributed by atoms with Crippen molar-refractivity contribution in [2.45, 2.75) is 31.7 Å². The third kappa shape index (κ3) is 4.79. The van der Waals surface area contributed by atoms with E-state index in [2.05, 4.69) is 36.8 Å². The van der Waals surface area contributed by atoms with Crippen molar-refractivity contribution in [3.63, 3.8) is 0 Å². The minimum atomic E-state index is -0.486. The zero-order chi connectivity index (χ0) is 22.9. The second-order valence-electron chi connectivity index (χ2n) is 9.23. The number of fused-ring (bicyclic) bond motifs is 1. The highest BCUT2D eigenvalue weighted by Crippen LogP contribution is 2.34. The van der Waals surface area contributed by atoms with Crippen LogP contribution in [0.15, 0.2) is 47.0 Å². The van der Waals surface area contributed by atoms with Crippen LogP contribution in [0.2, 0.25) is 5.02 Å². The van der Waals surface area contributed by atoms with Crippen molar-refractivity contribution in [1.29, 1.82) is 0 Å². The molecule has 7 nitrogen and oxygen atoms in total. The first-order valence-corrected chi connectivity index (χ1v) is 11.2. The lowest BCUT2D eigenvalue weighted by atomic mass is 9.84. The fourth-order valence-electron chi connectivity index (χ4n) is 4.29. The molecule has 1 aromatic carbocycles. The van der Waals surface area contributed by atoms with Crippen molar-refractivity contribution in [2.24, 2.45) is 5.92 Å². The molecule has 0 spiro atoms. The first-order valence-electron chi connectivity index (χ1n) is 10.8. The van der Waals surface area contributed by atoms with Gasteiger partial charge in [-0.15, -0.1) is 0 Å². The molecular weight excluding hydrogens is 428 g/mol. The molecule has 0 bridgehead atoms. The van der Waals surface area contributed by atoms with Crippen molar-refractivity contribution in [2.75, 3.05) is 31.8 Å². The van der Waals surface area contributed by atoms with Gasteiger partial charge in [-0.1, -0.05) is 23.7 Å². The standard InChI is InChI=1S/C24H27ClN4O3/c1-29(2,3)17-11-8-15(9-12-17)23(30)28-21-18-6-4-5-7-19(18)32-22(21)24(31)27-20-13-10-16(25)14-26-20/h4-7,10,13-15,17H,8-9,11-12H2,1-3H3,(H-,26,27,28,30,31)/p+1/t15-,17-. The molecule has 2 amide bonds. The lowest BCUT2D eigenvalue weighted by Gasteiger charge is -2.38. The summed E-state index contributed by atoms with van der Waals surface area (Å²) < 4.78 is 6.73. The van der Waals surface area contributed by atoms with Crippen molar-refractivity contribution < 1.29 is 18.5 Å². The number of halogens is 1. The van der Waals surface area contributed by atoms with E-state index in [1.807, 2.05) is 18.2 Å². The fourth-order valence-corrected chi connectivity index (χ4v) is 4.40. The summed E-state index contributed by atoms with van der Waals surface area (Å²) in [5.74, 6) is -0.248. The zero-order valence-electron chi connectivity index (χ0n) is 18.5. The molecule has 2 heterocycles. The number of carbonyl (C=O) groups is 2. The van der Waals surface area contributed by atoms with Gasteiger partial charge in [-0.3, -0.25) is 9.59 Å². The third-order valence-electron chi connectivity index (χ3n) is 6.18. The first kappa shape index (κ1) is 22.3. The van der Waals surface area contributed by atoms with Gasteiger partial charge in [0.2, 0.25) is 11.7 Å². The van der Waals surface area contributed by atoms with Crippen LogP contribution in [-0.2, 0) is 4.79 Å². The van der Waals surface area contributed by atoms with Crippen LogP contribution >= 0.6 is 11.6 Å². The average molecular weight is 456 g/mol. The van der Waals surface area contributed by atoms with Crippen LogP contribution in [0.5, 0.6) is 0 Å². The summed E-state index contributed by atoms with van der Waals surface area (Å²) >= 11 is 5.87. The maximum Gasteiger partial charge on any atom is 0.294 e. The van der Waals surface area contributed by atoms with E-state index in [4.69, 9.17) is 16.0 Å². The van der Waals surface area contributed by atoms with Crippen LogP contribution in [-0.4, -0.2) is 48.5 Å². The highest BCUT2D eigenvalue weighted by molar-refractivity contribution is 6.30. The van der Waals surface area contributed by atoms with Crippen molar-refractivity contribution in [3.05, 3.63) is 53.4 Å². The molecule has 2 N–H and O–H groups in total. The number of anilines is 2. The summed E-state index contributed by atoms with van der Waals surface area (Å²) in [4.78, 5) is 30.2. The second-order valence-corrected chi connectivity index (χ2v) is 9.67. The number of benzene rings is 1. The van der Waals surface area contributed by atoms with Gasteiger partial charge in [0.25, 0.3) is 5.91 Å². The number of nitrogens with zero attached hydrogens (tertiary/aromatic N) is 2. The molecule has 1 aliphatic carbocycles. The third-order valence-corrected chi connectivity index (χ3v) is 6.41. The molecule has 0 unspecified atom stereocenters. The van der Waals surface area contributed by atoms with E-state index < -0.39 is 5.91 Å². The summed E-state index contributed by atoms with van der Waals surface area (Å²) in [5.41, 5.74) is 0.927. The molecule has 1 saturated carbocycles. The number of hydrogen-bond acceptors (Lipinski definition) is 4. The number of pyridine rings is 1. The predicted molar refractivity (Wildman–Crippen MR) is 126 cm³/mol. The van der Waals surface area contributed by atoms with Crippen molar-refractivity contribution >= 4 is 45.9 Å². The predicted octanol–water partition coefficient (Wildman–Crippen LogP) is 4.94. The number of aromatic nitrogens is 1. The summed E-state index contributed by atoms with van der Waals surface area (Å²) in [6, 6.07) is 11.1. The molecule has 8 heteroatoms. The molecule has 0 radical (unpaired) electrons. The van der Waals surface area contributed by atoms with Crippen molar-refractivity contribution in [3.8, 4) is 0 Å². The van der Waals surface area contributed by atoms with Gasteiger partial charge in [0.05, 0.1) is 32.2 Å². The molecular formula is C24H28ClN4O3+. The Hall–Kier alpha value is -2.90. The summed E-state index contributed by atoms with van der Waals surface area (Å²) in [6.45, 7) is 0. The van der Waals surface area contributed by atoms with Crippen LogP contribution in [0.3, 0.4) is 0 Å². The highest BCUT2D eigenvalue weighted by Gasteiger charge is 2.34. The fraction of sp³-hybridized carbons (Fsp3) is 0.375. The zero-order valence-corrected chi connectivity index (χ0v) is 19.3. The average Bonchev–Trinajstić information content (AvgIpc) is 3.13. The van der Waals surface area contributed by atoms with Crippen LogP contribution in [0, 0.1) is 5.92 Å². The quantitative estimate of drug-likeness (QED) is 0.534. The number of quaternary nitrogens is 1. The Morgan fingerprint density at radius 2 is 1.75 bits per heavy atom. The second kappa shape index (κ2) is 8.92. The smallest absolute Gasteiger partial charge is 0.294 e. The van der Waals surface area contributed by atoms with Crippen LogP contribution in [0.4, 0.5) is 11.5 Å². The lowest BCUT2D eigenvalue weighted by molar-refractivity contribution is -0.897. The maximum absolute atomic E-state index is 13.1. The molecule has 4 rings (SSSR count). The van der Waals surface area contributed by atoms with E-state index in [1.165, 1.54) is 6.20 Å². The molecule has 168 valence electrons. The number of rotatable bonds is 5. The van der Waals surface area contributed by atoms with Crippen LogP contribution < -0.4 is 10.6 Å². The van der Waals surface area contributed by atoms with Gasteiger partial charge in [-0.25, -0.2) is 4.98 Å². The van der Waals surface area contributed by atoms with Gasteiger partial charge < -0.3 is 19.5 Å². The monoisotopic (exact) mass is 455 g/mol. The molecule has 3 aromatic rings. The van der Waals surface area contributed by atoms with E-state index in [1.54, 1.807) is 18.2 Å². The van der Waals surface area contributed by atoms with Gasteiger partial charge >= 0.3 is 0 Å². The van der Waals surface area contributed by atoms with E-state index in [0.717, 1.165) is 30.2 Å². The SMILES string of the molecule is C[N+](C)(C)[C@H]1CC[C@H](C(=O)Nc2c(C(=O)Nc3ccc(Cl)cn3)oc3ccccc23)CC1. The van der Waals surface area contributed by atoms with E-state index in [0.29, 0.717) is 33.5 Å². The van der Waals surface area contributed by atoms with Gasteiger partial charge in [0, 0.05) is 30.3 Å². The molecule has 0 atom stereocenters. The molecule has 2 aromatic heterocycles. The van der Waals surface area contributed by atoms with E-state index in [9.17, 15) is 9.59 Å². The Labute approximate surface area is 192 Å². The van der Waals surface area contributed by atoms with Crippen molar-refractivity contribution in [1.82, 2.24) is 4.98 Å². The first-order chi connectivity index (χ1) is 15.2. The van der Waals surface area contributed by atoms with Crippen LogP contribution in [0.25, 0.3) is 11.0 Å². The molecule has 0 saturated heterocycles. The minimum absolute atomic E-state index is 0.0522. The number of carbonyl (C=O) groups excluding carboxylic acids is 2. The van der Waals surface area contributed by atoms with Crippen LogP contribution in [0.1, 0.15) is 36.2 Å². The Morgan fingerprint density at radius 1 is 1.03 bits per heavy atom. The lowest BCUT2D eigenvalue weighted by Crippen LogP contribution is -2.47. The van der Waals surface area contributed by atoms with Gasteiger partial charge in [0.1, 0.15) is 17.1 Å². The normalized spacial score (nSPS) is 19.0. The molecule has 1 aliphatic rings. The molecule has 1 fully saturated rings. The van der Waals surface area contributed by atoms with Gasteiger partial charge in [-0.05, 0) is 37.1 Å². The van der Waals surface area contributed by atoms with E-state index >= 15 is 0 Å². The summed E-state index contributed by atoms with van der Waals surface area (Å²) in [6.07, 6.45) is 5.12. The minimum Gasteiger partial charge on any atom is -0.449 e. The van der Waals surface area contributed by atoms with Gasteiger partial charge in [-0.2, -0.15) is 0 Å². The van der Waals surface area contributed by atoms with Gasteiger partial charge in [0.15, 0.2) is 0 Å². The largest absolute Gasteiger partial charge is 0.449 e. The number of hydrogen-bond donors (Lipinski definition) is 2. The Balaban J connectivity index is 1.55. The number of furan rings is 1. The number of amides is 2. The molecule has 0 aliphatic heterocycles. The maximum atomic E-state index is 13.1. The topological polar surface area (TPSA) is 84.2 Å². The summed E-state index contributed by atoms with van der Waals surface area (Å²) in [7, 11) is 6.59. The Bertz CT molecular complexity index is 1130. The van der Waals surface area contributed by atoms with E-state index in [-0.39, 0.29) is 17.6 Å². The molecule has 32 heavy (non-hydrogen) atoms. The number of para-hydroxylation sites is 1. The number of nitrogens with one attached hydrogen (secondary N) is 2.